The number of aromatic nitrogens is 1. The second kappa shape index (κ2) is 6.26. The molecular weight excluding hydrogens is 370 g/mol. The van der Waals surface area contributed by atoms with E-state index in [0.717, 1.165) is 55.4 Å². The van der Waals surface area contributed by atoms with Crippen LogP contribution < -0.4 is 4.74 Å². The fourth-order valence-electron chi connectivity index (χ4n) is 4.49. The first-order valence-electron chi connectivity index (χ1n) is 9.90. The van der Waals surface area contributed by atoms with Crippen LogP contribution >= 0.6 is 0 Å². The zero-order valence-electron chi connectivity index (χ0n) is 16.3. The molecule has 0 saturated carbocycles. The van der Waals surface area contributed by atoms with Crippen LogP contribution in [0, 0.1) is 0 Å². The maximum atomic E-state index is 13.4. The molecule has 1 heterocycles. The molecule has 1 aliphatic rings. The van der Waals surface area contributed by atoms with Gasteiger partial charge in [0.05, 0.1) is 23.9 Å². The summed E-state index contributed by atoms with van der Waals surface area (Å²) in [5.41, 5.74) is 5.91. The quantitative estimate of drug-likeness (QED) is 0.329. The fraction of sp³-hybridized carbons (Fsp3) is 0.0370. The topological polar surface area (TPSA) is 39.2 Å². The number of fused-ring (bicyclic) bond motifs is 6. The zero-order valence-corrected chi connectivity index (χ0v) is 16.3. The molecule has 0 saturated heterocycles. The lowest BCUT2D eigenvalue weighted by molar-refractivity contribution is 0.104. The molecule has 0 radical (unpaired) electrons. The molecule has 0 spiro atoms. The summed E-state index contributed by atoms with van der Waals surface area (Å²) in [4.78, 5) is 18.5. The zero-order chi connectivity index (χ0) is 20.2. The molecule has 6 rings (SSSR count). The van der Waals surface area contributed by atoms with E-state index in [2.05, 4.69) is 24.3 Å². The number of ether oxygens (including phenoxy) is 1. The molecule has 1 aliphatic carbocycles. The first-order chi connectivity index (χ1) is 14.8. The molecule has 0 fully saturated rings. The maximum absolute atomic E-state index is 13.4. The van der Waals surface area contributed by atoms with Crippen molar-refractivity contribution < 1.29 is 9.53 Å². The molecular formula is C27H17NO2. The van der Waals surface area contributed by atoms with Crippen molar-refractivity contribution in [3.63, 3.8) is 0 Å². The van der Waals surface area contributed by atoms with Gasteiger partial charge in [-0.05, 0) is 23.1 Å². The van der Waals surface area contributed by atoms with E-state index in [9.17, 15) is 4.79 Å². The van der Waals surface area contributed by atoms with Crippen molar-refractivity contribution in [2.75, 3.05) is 7.11 Å². The number of hydrogen-bond acceptors (Lipinski definition) is 3. The highest BCUT2D eigenvalue weighted by Crippen LogP contribution is 2.45. The molecule has 142 valence electrons. The smallest absolute Gasteiger partial charge is 0.196 e. The molecule has 5 aromatic rings. The highest BCUT2D eigenvalue weighted by Gasteiger charge is 2.32. The monoisotopic (exact) mass is 387 g/mol. The van der Waals surface area contributed by atoms with Gasteiger partial charge < -0.3 is 4.74 Å². The van der Waals surface area contributed by atoms with Crippen LogP contribution in [0.3, 0.4) is 0 Å². The van der Waals surface area contributed by atoms with Gasteiger partial charge in [0.2, 0.25) is 0 Å². The number of methoxy groups -OCH3 is 1. The second-order valence-corrected chi connectivity index (χ2v) is 7.50. The minimum Gasteiger partial charge on any atom is -0.497 e. The Hall–Kier alpha value is -3.98. The third-order valence-electron chi connectivity index (χ3n) is 5.91. The third-order valence-corrected chi connectivity index (χ3v) is 5.91. The van der Waals surface area contributed by atoms with Gasteiger partial charge >= 0.3 is 0 Å². The van der Waals surface area contributed by atoms with E-state index >= 15 is 0 Å². The molecule has 3 nitrogen and oxygen atoms in total. The van der Waals surface area contributed by atoms with Crippen molar-refractivity contribution in [1.82, 2.24) is 4.98 Å². The van der Waals surface area contributed by atoms with E-state index in [1.807, 2.05) is 60.7 Å². The predicted octanol–water partition coefficient (Wildman–Crippen LogP) is 6.28. The highest BCUT2D eigenvalue weighted by atomic mass is 16.5. The lowest BCUT2D eigenvalue weighted by atomic mass is 9.92. The van der Waals surface area contributed by atoms with E-state index < -0.39 is 0 Å². The van der Waals surface area contributed by atoms with Crippen molar-refractivity contribution in [2.24, 2.45) is 0 Å². The van der Waals surface area contributed by atoms with E-state index in [1.54, 1.807) is 7.11 Å². The first-order valence-corrected chi connectivity index (χ1v) is 9.90. The summed E-state index contributed by atoms with van der Waals surface area (Å²) in [6.45, 7) is 0. The number of benzene rings is 4. The number of pyridine rings is 1. The summed E-state index contributed by atoms with van der Waals surface area (Å²) in [5.74, 6) is 0.822. The molecule has 0 N–H and O–H groups in total. The first kappa shape index (κ1) is 16.9. The van der Waals surface area contributed by atoms with E-state index in [-0.39, 0.29) is 5.78 Å². The molecule has 0 unspecified atom stereocenters. The predicted molar refractivity (Wildman–Crippen MR) is 120 cm³/mol. The van der Waals surface area contributed by atoms with Crippen molar-refractivity contribution in [2.45, 2.75) is 0 Å². The summed E-state index contributed by atoms with van der Waals surface area (Å²) in [7, 11) is 1.65. The van der Waals surface area contributed by atoms with Crippen LogP contribution in [0.4, 0.5) is 0 Å². The van der Waals surface area contributed by atoms with Gasteiger partial charge in [-0.15, -0.1) is 0 Å². The molecule has 4 aromatic carbocycles. The maximum Gasteiger partial charge on any atom is 0.196 e. The Morgan fingerprint density at radius 2 is 1.43 bits per heavy atom. The van der Waals surface area contributed by atoms with Crippen LogP contribution in [0.5, 0.6) is 5.75 Å². The Kier molecular flexibility index (Phi) is 3.53. The Bertz CT molecular complexity index is 1480. The molecule has 0 amide bonds. The van der Waals surface area contributed by atoms with Crippen molar-refractivity contribution in [3.05, 3.63) is 96.1 Å². The SMILES string of the molecule is COc1ccc(-c2c3c(nc4c2ccc2ccccc24)-c2ccccc2C3=O)cc1. The van der Waals surface area contributed by atoms with Gasteiger partial charge in [-0.1, -0.05) is 72.8 Å². The highest BCUT2D eigenvalue weighted by molar-refractivity contribution is 6.28. The number of carbonyl (C=O) groups is 1. The average molecular weight is 387 g/mol. The number of ketones is 1. The third kappa shape index (κ3) is 2.26. The minimum absolute atomic E-state index is 0.0361. The largest absolute Gasteiger partial charge is 0.497 e. The van der Waals surface area contributed by atoms with Crippen molar-refractivity contribution in [1.29, 1.82) is 0 Å². The van der Waals surface area contributed by atoms with Crippen LogP contribution in [0.1, 0.15) is 15.9 Å². The van der Waals surface area contributed by atoms with E-state index in [1.165, 1.54) is 0 Å². The Morgan fingerprint density at radius 1 is 0.700 bits per heavy atom. The van der Waals surface area contributed by atoms with Gasteiger partial charge in [-0.2, -0.15) is 0 Å². The summed E-state index contributed by atoms with van der Waals surface area (Å²) in [5, 5.41) is 3.21. The van der Waals surface area contributed by atoms with Gasteiger partial charge in [0.1, 0.15) is 5.75 Å². The van der Waals surface area contributed by atoms with Crippen molar-refractivity contribution in [3.8, 4) is 28.1 Å². The van der Waals surface area contributed by atoms with Gasteiger partial charge in [0, 0.05) is 27.5 Å². The summed E-state index contributed by atoms with van der Waals surface area (Å²) in [6.07, 6.45) is 0. The normalized spacial score (nSPS) is 12.2. The van der Waals surface area contributed by atoms with Crippen LogP contribution in [-0.2, 0) is 0 Å². The van der Waals surface area contributed by atoms with E-state index in [0.29, 0.717) is 5.56 Å². The van der Waals surface area contributed by atoms with Crippen LogP contribution in [0.15, 0.2) is 84.9 Å². The molecule has 0 bridgehead atoms. The number of rotatable bonds is 2. The van der Waals surface area contributed by atoms with Gasteiger partial charge in [0.25, 0.3) is 0 Å². The number of nitrogens with zero attached hydrogens (tertiary/aromatic N) is 1. The molecule has 3 heteroatoms. The minimum atomic E-state index is 0.0361. The Labute approximate surface area is 173 Å². The fourth-order valence-corrected chi connectivity index (χ4v) is 4.49. The van der Waals surface area contributed by atoms with Crippen LogP contribution in [-0.4, -0.2) is 17.9 Å². The van der Waals surface area contributed by atoms with E-state index in [4.69, 9.17) is 9.72 Å². The average Bonchev–Trinajstić information content (AvgIpc) is 3.09. The molecule has 0 aliphatic heterocycles. The standard InChI is InChI=1S/C27H17NO2/c1-30-18-13-10-17(11-14-18)23-22-15-12-16-6-2-3-7-19(16)25(22)28-26-20-8-4-5-9-21(20)27(29)24(23)26/h2-15H,1H3. The van der Waals surface area contributed by atoms with Gasteiger partial charge in [-0.25, -0.2) is 4.98 Å². The Balaban J connectivity index is 1.79. The summed E-state index contributed by atoms with van der Waals surface area (Å²) >= 11 is 0. The summed E-state index contributed by atoms with van der Waals surface area (Å²) in [6, 6.07) is 28.1. The van der Waals surface area contributed by atoms with Crippen LogP contribution in [0.25, 0.3) is 44.1 Å². The van der Waals surface area contributed by atoms with Crippen molar-refractivity contribution >= 4 is 27.5 Å². The molecule has 30 heavy (non-hydrogen) atoms. The molecule has 0 atom stereocenters. The Morgan fingerprint density at radius 3 is 2.23 bits per heavy atom. The van der Waals surface area contributed by atoms with Crippen LogP contribution in [0.2, 0.25) is 0 Å². The van der Waals surface area contributed by atoms with Gasteiger partial charge in [0.15, 0.2) is 5.78 Å². The lowest BCUT2D eigenvalue weighted by Crippen LogP contribution is -2.01. The second-order valence-electron chi connectivity index (χ2n) is 7.50. The number of carbonyl (C=O) groups excluding carboxylic acids is 1. The lowest BCUT2D eigenvalue weighted by Gasteiger charge is -2.14. The van der Waals surface area contributed by atoms with Gasteiger partial charge in [-0.3, -0.25) is 4.79 Å². The summed E-state index contributed by atoms with van der Waals surface area (Å²) < 4.78 is 5.34. The number of hydrogen-bond donors (Lipinski definition) is 0. The molecule has 1 aromatic heterocycles.